The topological polar surface area (TPSA) is 41.1 Å². The van der Waals surface area contributed by atoms with Crippen molar-refractivity contribution >= 4 is 22.2 Å². The maximum atomic E-state index is 11.3. The molecule has 0 saturated carbocycles. The Hall–Kier alpha value is -0.870. The lowest BCUT2D eigenvalue weighted by Gasteiger charge is -2.08. The second kappa shape index (κ2) is 4.23. The van der Waals surface area contributed by atoms with Gasteiger partial charge in [0.1, 0.15) is 0 Å². The minimum atomic E-state index is -0.146. The van der Waals surface area contributed by atoms with Crippen LogP contribution in [-0.4, -0.2) is 19.0 Å². The van der Waals surface area contributed by atoms with Crippen molar-refractivity contribution in [3.63, 3.8) is 0 Å². The number of likely N-dealkylation sites (N-methyl/N-ethyl adjacent to an activating group) is 1. The molecular formula is C8H12N2OS. The van der Waals surface area contributed by atoms with Gasteiger partial charge in [0.25, 0.3) is 0 Å². The lowest BCUT2D eigenvalue weighted by Crippen LogP contribution is -2.35. The lowest BCUT2D eigenvalue weighted by molar-refractivity contribution is -0.117. The summed E-state index contributed by atoms with van der Waals surface area (Å²) in [5.74, 6) is -0.0000463. The Kier molecular flexibility index (Phi) is 3.25. The van der Waals surface area contributed by atoms with E-state index in [1.807, 2.05) is 24.4 Å². The van der Waals surface area contributed by atoms with Gasteiger partial charge in [0.15, 0.2) is 0 Å². The SMILES string of the molecule is CNC(C)C(=O)Nc1cccs1. The maximum absolute atomic E-state index is 11.3. The number of rotatable bonds is 3. The van der Waals surface area contributed by atoms with E-state index < -0.39 is 0 Å². The molecule has 0 bridgehead atoms. The molecule has 0 aromatic carbocycles. The van der Waals surface area contributed by atoms with Crippen LogP contribution in [0.3, 0.4) is 0 Å². The molecule has 1 aromatic rings. The van der Waals surface area contributed by atoms with Crippen LogP contribution in [0.2, 0.25) is 0 Å². The Morgan fingerprint density at radius 3 is 2.92 bits per heavy atom. The normalized spacial score (nSPS) is 12.5. The summed E-state index contributed by atoms with van der Waals surface area (Å²) in [6.07, 6.45) is 0. The largest absolute Gasteiger partial charge is 0.316 e. The second-order valence-corrected chi connectivity index (χ2v) is 3.42. The Labute approximate surface area is 75.8 Å². The van der Waals surface area contributed by atoms with E-state index in [-0.39, 0.29) is 11.9 Å². The number of thiophene rings is 1. The minimum Gasteiger partial charge on any atom is -0.316 e. The Balaban J connectivity index is 2.47. The molecule has 4 heteroatoms. The van der Waals surface area contributed by atoms with Crippen LogP contribution in [-0.2, 0) is 4.79 Å². The van der Waals surface area contributed by atoms with Crippen LogP contribution in [0.15, 0.2) is 17.5 Å². The van der Waals surface area contributed by atoms with Crippen molar-refractivity contribution in [1.82, 2.24) is 5.32 Å². The van der Waals surface area contributed by atoms with Crippen LogP contribution < -0.4 is 10.6 Å². The molecule has 1 atom stereocenters. The molecule has 0 spiro atoms. The molecule has 0 aliphatic rings. The van der Waals surface area contributed by atoms with E-state index in [4.69, 9.17) is 0 Å². The molecule has 1 heterocycles. The Bertz CT molecular complexity index is 246. The first kappa shape index (κ1) is 9.22. The van der Waals surface area contributed by atoms with Crippen LogP contribution in [0.5, 0.6) is 0 Å². The van der Waals surface area contributed by atoms with Crippen molar-refractivity contribution in [3.8, 4) is 0 Å². The fraction of sp³-hybridized carbons (Fsp3) is 0.375. The molecule has 0 aliphatic heterocycles. The monoisotopic (exact) mass is 184 g/mol. The highest BCUT2D eigenvalue weighted by Gasteiger charge is 2.09. The first-order valence-electron chi connectivity index (χ1n) is 3.75. The molecule has 1 aromatic heterocycles. The van der Waals surface area contributed by atoms with Gasteiger partial charge in [-0.25, -0.2) is 0 Å². The van der Waals surface area contributed by atoms with Gasteiger partial charge in [0, 0.05) is 0 Å². The molecule has 1 unspecified atom stereocenters. The van der Waals surface area contributed by atoms with Gasteiger partial charge in [-0.1, -0.05) is 0 Å². The summed E-state index contributed by atoms with van der Waals surface area (Å²) in [7, 11) is 1.76. The first-order valence-corrected chi connectivity index (χ1v) is 4.63. The van der Waals surface area contributed by atoms with Crippen LogP contribution >= 0.6 is 11.3 Å². The molecule has 66 valence electrons. The fourth-order valence-electron chi connectivity index (χ4n) is 0.710. The second-order valence-electron chi connectivity index (χ2n) is 2.48. The van der Waals surface area contributed by atoms with Crippen LogP contribution in [0, 0.1) is 0 Å². The molecule has 1 rings (SSSR count). The van der Waals surface area contributed by atoms with Crippen LogP contribution in [0.4, 0.5) is 5.00 Å². The van der Waals surface area contributed by atoms with Gasteiger partial charge in [-0.3, -0.25) is 4.79 Å². The molecule has 0 aliphatic carbocycles. The fourth-order valence-corrected chi connectivity index (χ4v) is 1.33. The van der Waals surface area contributed by atoms with Crippen molar-refractivity contribution in [3.05, 3.63) is 17.5 Å². The van der Waals surface area contributed by atoms with Crippen molar-refractivity contribution in [2.75, 3.05) is 12.4 Å². The predicted octanol–water partition coefficient (Wildman–Crippen LogP) is 1.29. The van der Waals surface area contributed by atoms with Gasteiger partial charge in [-0.15, -0.1) is 11.3 Å². The third-order valence-corrected chi connectivity index (χ3v) is 2.38. The number of carbonyl (C=O) groups excluding carboxylic acids is 1. The van der Waals surface area contributed by atoms with E-state index in [0.29, 0.717) is 0 Å². The molecular weight excluding hydrogens is 172 g/mol. The summed E-state index contributed by atoms with van der Waals surface area (Å²) in [4.78, 5) is 11.3. The van der Waals surface area contributed by atoms with E-state index in [9.17, 15) is 4.79 Å². The zero-order valence-corrected chi connectivity index (χ0v) is 7.94. The van der Waals surface area contributed by atoms with Crippen LogP contribution in [0.25, 0.3) is 0 Å². The van der Waals surface area contributed by atoms with Gasteiger partial charge >= 0.3 is 0 Å². The molecule has 0 radical (unpaired) electrons. The number of hydrogen-bond donors (Lipinski definition) is 2. The smallest absolute Gasteiger partial charge is 0.241 e. The number of anilines is 1. The molecule has 1 amide bonds. The summed E-state index contributed by atoms with van der Waals surface area (Å²) < 4.78 is 0. The van der Waals surface area contributed by atoms with E-state index in [1.165, 1.54) is 11.3 Å². The standard InChI is InChI=1S/C8H12N2OS/c1-6(9-2)8(11)10-7-4-3-5-12-7/h3-6,9H,1-2H3,(H,10,11). The van der Waals surface area contributed by atoms with Crippen molar-refractivity contribution in [1.29, 1.82) is 0 Å². The van der Waals surface area contributed by atoms with Crippen molar-refractivity contribution < 1.29 is 4.79 Å². The summed E-state index contributed by atoms with van der Waals surface area (Å²) in [5, 5.41) is 8.48. The highest BCUT2D eigenvalue weighted by Crippen LogP contribution is 2.14. The van der Waals surface area contributed by atoms with E-state index in [2.05, 4.69) is 10.6 Å². The number of amides is 1. The zero-order chi connectivity index (χ0) is 8.97. The molecule has 12 heavy (non-hydrogen) atoms. The maximum Gasteiger partial charge on any atom is 0.241 e. The third-order valence-electron chi connectivity index (χ3n) is 1.59. The van der Waals surface area contributed by atoms with E-state index >= 15 is 0 Å². The van der Waals surface area contributed by atoms with E-state index in [1.54, 1.807) is 7.05 Å². The molecule has 3 nitrogen and oxygen atoms in total. The van der Waals surface area contributed by atoms with E-state index in [0.717, 1.165) is 5.00 Å². The predicted molar refractivity (Wildman–Crippen MR) is 51.5 cm³/mol. The number of hydrogen-bond acceptors (Lipinski definition) is 3. The van der Waals surface area contributed by atoms with Crippen molar-refractivity contribution in [2.45, 2.75) is 13.0 Å². The summed E-state index contributed by atoms with van der Waals surface area (Å²) in [5.41, 5.74) is 0. The highest BCUT2D eigenvalue weighted by atomic mass is 32.1. The number of carbonyl (C=O) groups is 1. The Morgan fingerprint density at radius 1 is 1.67 bits per heavy atom. The summed E-state index contributed by atoms with van der Waals surface area (Å²) in [6, 6.07) is 3.64. The lowest BCUT2D eigenvalue weighted by atomic mass is 10.3. The third kappa shape index (κ3) is 2.32. The first-order chi connectivity index (χ1) is 5.74. The summed E-state index contributed by atoms with van der Waals surface area (Å²) in [6.45, 7) is 1.82. The average Bonchev–Trinajstić information content (AvgIpc) is 2.55. The minimum absolute atomic E-state index is 0.0000463. The average molecular weight is 184 g/mol. The van der Waals surface area contributed by atoms with Gasteiger partial charge in [-0.05, 0) is 31.5 Å². The van der Waals surface area contributed by atoms with Crippen molar-refractivity contribution in [2.24, 2.45) is 0 Å². The number of nitrogens with one attached hydrogen (secondary N) is 2. The van der Waals surface area contributed by atoms with Gasteiger partial charge in [-0.2, -0.15) is 0 Å². The highest BCUT2D eigenvalue weighted by molar-refractivity contribution is 7.14. The van der Waals surface area contributed by atoms with Gasteiger partial charge in [0.2, 0.25) is 5.91 Å². The summed E-state index contributed by atoms with van der Waals surface area (Å²) >= 11 is 1.52. The molecule has 2 N–H and O–H groups in total. The quantitative estimate of drug-likeness (QED) is 0.743. The zero-order valence-electron chi connectivity index (χ0n) is 7.13. The van der Waals surface area contributed by atoms with Crippen LogP contribution in [0.1, 0.15) is 6.92 Å². The van der Waals surface area contributed by atoms with Gasteiger partial charge in [0.05, 0.1) is 11.0 Å². The molecule has 0 saturated heterocycles. The van der Waals surface area contributed by atoms with Gasteiger partial charge < -0.3 is 10.6 Å². The molecule has 0 fully saturated rings. The Morgan fingerprint density at radius 2 is 2.42 bits per heavy atom.